The summed E-state index contributed by atoms with van der Waals surface area (Å²) in [6.07, 6.45) is 1.04. The van der Waals surface area contributed by atoms with Crippen LogP contribution >= 0.6 is 0 Å². The Morgan fingerprint density at radius 1 is 0.875 bits per heavy atom. The highest BCUT2D eigenvalue weighted by Gasteiger charge is 2.18. The molecule has 206 valence electrons. The molecule has 8 nitrogen and oxygen atoms in total. The number of hydrogen-bond acceptors (Lipinski definition) is 6. The molecule has 4 aromatic carbocycles. The van der Waals surface area contributed by atoms with Crippen LogP contribution in [-0.4, -0.2) is 40.0 Å². The van der Waals surface area contributed by atoms with Gasteiger partial charge in [0.05, 0.1) is 24.8 Å². The molecule has 0 bridgehead atoms. The summed E-state index contributed by atoms with van der Waals surface area (Å²) in [6, 6.07) is 26.9. The molecule has 0 unspecified atom stereocenters. The van der Waals surface area contributed by atoms with Crippen molar-refractivity contribution in [2.24, 2.45) is 0 Å². The van der Waals surface area contributed by atoms with E-state index in [1.165, 1.54) is 37.5 Å². The third-order valence-corrected chi connectivity index (χ3v) is 8.29. The first kappa shape index (κ1) is 27.2. The van der Waals surface area contributed by atoms with Crippen LogP contribution in [0.1, 0.15) is 27.0 Å². The van der Waals surface area contributed by atoms with Crippen molar-refractivity contribution in [1.29, 1.82) is 0 Å². The van der Waals surface area contributed by atoms with Gasteiger partial charge in [0, 0.05) is 37.0 Å². The fourth-order valence-electron chi connectivity index (χ4n) is 4.73. The van der Waals surface area contributed by atoms with Crippen LogP contribution in [0.15, 0.2) is 95.9 Å². The number of ether oxygens (including phenoxy) is 2. The van der Waals surface area contributed by atoms with E-state index in [-0.39, 0.29) is 16.5 Å². The molecule has 0 aliphatic carbocycles. The molecule has 0 atom stereocenters. The largest absolute Gasteiger partial charge is 0.497 e. The van der Waals surface area contributed by atoms with Gasteiger partial charge in [-0.05, 0) is 71.6 Å². The van der Waals surface area contributed by atoms with E-state index in [9.17, 15) is 13.2 Å². The van der Waals surface area contributed by atoms with Gasteiger partial charge in [0.1, 0.15) is 11.5 Å². The lowest BCUT2D eigenvalue weighted by molar-refractivity contribution is 0.102. The van der Waals surface area contributed by atoms with Gasteiger partial charge in [0.25, 0.3) is 15.9 Å². The summed E-state index contributed by atoms with van der Waals surface area (Å²) in [5, 5.41) is 2.83. The van der Waals surface area contributed by atoms with Gasteiger partial charge in [-0.3, -0.25) is 14.4 Å². The molecule has 0 aromatic heterocycles. The number of hydrogen-bond donors (Lipinski definition) is 2. The maximum absolute atomic E-state index is 13.0. The zero-order chi connectivity index (χ0) is 28.1. The number of nitrogens with zero attached hydrogens (tertiary/aromatic N) is 1. The predicted molar refractivity (Wildman–Crippen MR) is 155 cm³/mol. The van der Waals surface area contributed by atoms with E-state index in [1.807, 2.05) is 24.3 Å². The van der Waals surface area contributed by atoms with Crippen molar-refractivity contribution in [3.05, 3.63) is 113 Å². The normalized spacial score (nSPS) is 13.2. The Balaban J connectivity index is 1.19. The highest BCUT2D eigenvalue weighted by molar-refractivity contribution is 7.92. The molecule has 0 spiro atoms. The fourth-order valence-corrected chi connectivity index (χ4v) is 5.79. The van der Waals surface area contributed by atoms with Crippen molar-refractivity contribution in [3.63, 3.8) is 0 Å². The first-order chi connectivity index (χ1) is 19.3. The molecule has 5 rings (SSSR count). The number of nitrogens with one attached hydrogen (secondary N) is 2. The Hall–Kier alpha value is -4.34. The second-order valence-corrected chi connectivity index (χ2v) is 11.3. The van der Waals surface area contributed by atoms with Crippen LogP contribution in [-0.2, 0) is 29.5 Å². The zero-order valence-electron chi connectivity index (χ0n) is 22.4. The van der Waals surface area contributed by atoms with Crippen LogP contribution in [0, 0.1) is 0 Å². The highest BCUT2D eigenvalue weighted by atomic mass is 32.2. The van der Waals surface area contributed by atoms with Crippen molar-refractivity contribution in [3.8, 4) is 11.5 Å². The smallest absolute Gasteiger partial charge is 0.262 e. The first-order valence-electron chi connectivity index (χ1n) is 12.9. The quantitative estimate of drug-likeness (QED) is 0.289. The number of carbonyl (C=O) groups is 1. The van der Waals surface area contributed by atoms with Crippen molar-refractivity contribution in [2.75, 3.05) is 30.8 Å². The average molecular weight is 558 g/mol. The van der Waals surface area contributed by atoms with Gasteiger partial charge in [-0.1, -0.05) is 36.4 Å². The Labute approximate surface area is 234 Å². The van der Waals surface area contributed by atoms with Gasteiger partial charge in [-0.2, -0.15) is 0 Å². The van der Waals surface area contributed by atoms with E-state index in [2.05, 4.69) is 39.2 Å². The molecule has 1 heterocycles. The topological polar surface area (TPSA) is 97.0 Å². The number of carbonyl (C=O) groups excluding carboxylic acids is 1. The van der Waals surface area contributed by atoms with Crippen LogP contribution in [0.2, 0.25) is 0 Å². The molecule has 4 aromatic rings. The number of amides is 1. The zero-order valence-corrected chi connectivity index (χ0v) is 23.2. The molecule has 0 saturated carbocycles. The lowest BCUT2D eigenvalue weighted by Gasteiger charge is -2.28. The Kier molecular flexibility index (Phi) is 8.04. The van der Waals surface area contributed by atoms with Crippen LogP contribution in [0.4, 0.5) is 11.4 Å². The number of sulfonamides is 1. The molecule has 1 amide bonds. The standard InChI is InChI=1S/C31H31N3O5S/c1-38-27-13-16-30(39-2)29(19-27)33-40(36,37)28-14-11-26(12-15-28)32-31(35)24-9-7-22(8-10-24)20-34-18-17-23-5-3-4-6-25(23)21-34/h3-16,19,33H,17-18,20-21H2,1-2H3,(H,32,35). The van der Waals surface area contributed by atoms with E-state index < -0.39 is 10.0 Å². The molecule has 1 aliphatic rings. The molecular weight excluding hydrogens is 526 g/mol. The third-order valence-electron chi connectivity index (χ3n) is 6.91. The van der Waals surface area contributed by atoms with E-state index in [0.717, 1.165) is 31.6 Å². The Morgan fingerprint density at radius 3 is 2.30 bits per heavy atom. The minimum absolute atomic E-state index is 0.0417. The van der Waals surface area contributed by atoms with E-state index >= 15 is 0 Å². The summed E-state index contributed by atoms with van der Waals surface area (Å²) in [5.74, 6) is 0.579. The van der Waals surface area contributed by atoms with Crippen LogP contribution < -0.4 is 19.5 Å². The van der Waals surface area contributed by atoms with Crippen LogP contribution in [0.3, 0.4) is 0 Å². The maximum atomic E-state index is 13.0. The second-order valence-electron chi connectivity index (χ2n) is 9.58. The summed E-state index contributed by atoms with van der Waals surface area (Å²) in [6.45, 7) is 2.75. The number of fused-ring (bicyclic) bond motifs is 1. The van der Waals surface area contributed by atoms with Gasteiger partial charge >= 0.3 is 0 Å². The molecule has 9 heteroatoms. The van der Waals surface area contributed by atoms with E-state index in [1.54, 1.807) is 30.3 Å². The van der Waals surface area contributed by atoms with Crippen LogP contribution in [0.5, 0.6) is 11.5 Å². The lowest BCUT2D eigenvalue weighted by atomic mass is 9.99. The summed E-state index contributed by atoms with van der Waals surface area (Å²) < 4.78 is 38.9. The molecular formula is C31H31N3O5S. The van der Waals surface area contributed by atoms with Gasteiger partial charge < -0.3 is 14.8 Å². The molecule has 0 fully saturated rings. The summed E-state index contributed by atoms with van der Waals surface area (Å²) >= 11 is 0. The molecule has 0 radical (unpaired) electrons. The van der Waals surface area contributed by atoms with Crippen molar-refractivity contribution < 1.29 is 22.7 Å². The predicted octanol–water partition coefficient (Wildman–Crippen LogP) is 5.32. The van der Waals surface area contributed by atoms with Gasteiger partial charge in [0.15, 0.2) is 0 Å². The molecule has 0 saturated heterocycles. The molecule has 40 heavy (non-hydrogen) atoms. The minimum atomic E-state index is -3.90. The van der Waals surface area contributed by atoms with Crippen molar-refractivity contribution >= 4 is 27.3 Å². The lowest BCUT2D eigenvalue weighted by Crippen LogP contribution is -2.29. The monoisotopic (exact) mass is 557 g/mol. The maximum Gasteiger partial charge on any atom is 0.262 e. The average Bonchev–Trinajstić information content (AvgIpc) is 2.97. The fraction of sp³-hybridized carbons (Fsp3) is 0.194. The minimum Gasteiger partial charge on any atom is -0.497 e. The number of methoxy groups -OCH3 is 2. The van der Waals surface area contributed by atoms with E-state index in [0.29, 0.717) is 22.7 Å². The summed E-state index contributed by atoms with van der Waals surface area (Å²) in [5.41, 5.74) is 5.21. The van der Waals surface area contributed by atoms with E-state index in [4.69, 9.17) is 9.47 Å². The second kappa shape index (κ2) is 11.8. The Bertz CT molecular complexity index is 1600. The van der Waals surface area contributed by atoms with Crippen molar-refractivity contribution in [2.45, 2.75) is 24.4 Å². The first-order valence-corrected chi connectivity index (χ1v) is 14.4. The highest BCUT2D eigenvalue weighted by Crippen LogP contribution is 2.31. The summed E-state index contributed by atoms with van der Waals surface area (Å²) in [7, 11) is -0.951. The Morgan fingerprint density at radius 2 is 1.60 bits per heavy atom. The van der Waals surface area contributed by atoms with Gasteiger partial charge in [0.2, 0.25) is 0 Å². The third kappa shape index (κ3) is 6.27. The van der Waals surface area contributed by atoms with Gasteiger partial charge in [-0.15, -0.1) is 0 Å². The van der Waals surface area contributed by atoms with Gasteiger partial charge in [-0.25, -0.2) is 8.42 Å². The SMILES string of the molecule is COc1ccc(OC)c(NS(=O)(=O)c2ccc(NC(=O)c3ccc(CN4CCc5ccccc5C4)cc3)cc2)c1. The molecule has 1 aliphatic heterocycles. The summed E-state index contributed by atoms with van der Waals surface area (Å²) in [4.78, 5) is 15.3. The van der Waals surface area contributed by atoms with Crippen molar-refractivity contribution in [1.82, 2.24) is 4.90 Å². The number of benzene rings is 4. The van der Waals surface area contributed by atoms with Crippen LogP contribution in [0.25, 0.3) is 0 Å². The number of anilines is 2. The number of rotatable bonds is 9. The molecule has 2 N–H and O–H groups in total.